The first-order valence-corrected chi connectivity index (χ1v) is 8.20. The number of aromatic amines is 1. The lowest BCUT2D eigenvalue weighted by Gasteiger charge is -2.26. The van der Waals surface area contributed by atoms with Crippen LogP contribution in [-0.2, 0) is 11.2 Å². The second kappa shape index (κ2) is 6.39. The number of para-hydroxylation sites is 1. The average Bonchev–Trinajstić information content (AvgIpc) is 2.65. The van der Waals surface area contributed by atoms with Crippen LogP contribution in [0.5, 0.6) is 5.75 Å². The normalized spacial score (nSPS) is 16.1. The Balaban J connectivity index is 1.56. The van der Waals surface area contributed by atoms with Crippen molar-refractivity contribution >= 4 is 16.7 Å². The second-order valence-electron chi connectivity index (χ2n) is 6.02. The average molecular weight is 335 g/mol. The maximum Gasteiger partial charge on any atom is 0.272 e. The Morgan fingerprint density at radius 3 is 2.80 bits per heavy atom. The van der Waals surface area contributed by atoms with Gasteiger partial charge in [0.1, 0.15) is 5.75 Å². The largest absolute Gasteiger partial charge is 0.493 e. The number of carbonyl (C=O) groups is 1. The minimum absolute atomic E-state index is 0.0773. The number of amides is 1. The van der Waals surface area contributed by atoms with Crippen LogP contribution in [0.1, 0.15) is 23.7 Å². The van der Waals surface area contributed by atoms with E-state index in [1.54, 1.807) is 12.1 Å². The molecule has 25 heavy (non-hydrogen) atoms. The molecule has 0 aliphatic carbocycles. The van der Waals surface area contributed by atoms with Crippen LogP contribution in [0.2, 0.25) is 0 Å². The molecule has 0 fully saturated rings. The summed E-state index contributed by atoms with van der Waals surface area (Å²) in [6.45, 7) is 0.571. The predicted octanol–water partition coefficient (Wildman–Crippen LogP) is 2.11. The fourth-order valence-corrected chi connectivity index (χ4v) is 3.20. The fraction of sp³-hybridized carbons (Fsp3) is 0.211. The summed E-state index contributed by atoms with van der Waals surface area (Å²) in [5.41, 5.74) is 1.30. The number of nitrogens with zero attached hydrogens (tertiary/aromatic N) is 1. The Labute approximate surface area is 143 Å². The number of ether oxygens (including phenoxy) is 1. The van der Waals surface area contributed by atoms with Gasteiger partial charge in [-0.15, -0.1) is 0 Å². The number of H-pyrrole nitrogens is 1. The van der Waals surface area contributed by atoms with E-state index < -0.39 is 0 Å². The van der Waals surface area contributed by atoms with Gasteiger partial charge in [-0.2, -0.15) is 5.10 Å². The maximum absolute atomic E-state index is 12.5. The molecular weight excluding hydrogens is 318 g/mol. The molecular formula is C19H17N3O3. The smallest absolute Gasteiger partial charge is 0.272 e. The molecule has 1 aromatic heterocycles. The highest BCUT2D eigenvalue weighted by Crippen LogP contribution is 2.31. The summed E-state index contributed by atoms with van der Waals surface area (Å²) < 4.78 is 5.62. The molecule has 0 saturated carbocycles. The molecule has 2 heterocycles. The van der Waals surface area contributed by atoms with Gasteiger partial charge in [0.25, 0.3) is 5.56 Å². The molecule has 4 rings (SSSR count). The standard InChI is InChI=1S/C19H17N3O3/c23-18(20-15-9-10-25-17-8-4-3-7-14(15)17)11-16-12-5-1-2-6-13(12)19(24)22-21-16/h1-8,15H,9-11H2,(H,20,23)(H,22,24)/t15-/m1/s1. The number of carbonyl (C=O) groups excluding carboxylic acids is 1. The van der Waals surface area contributed by atoms with Crippen molar-refractivity contribution in [3.05, 3.63) is 70.1 Å². The number of fused-ring (bicyclic) bond motifs is 2. The molecule has 0 spiro atoms. The molecule has 6 nitrogen and oxygen atoms in total. The van der Waals surface area contributed by atoms with Crippen LogP contribution in [0, 0.1) is 0 Å². The molecule has 1 aliphatic rings. The summed E-state index contributed by atoms with van der Waals surface area (Å²) in [6, 6.07) is 14.8. The van der Waals surface area contributed by atoms with Gasteiger partial charge in [-0.25, -0.2) is 5.10 Å². The van der Waals surface area contributed by atoms with Gasteiger partial charge in [0.15, 0.2) is 0 Å². The minimum atomic E-state index is -0.252. The van der Waals surface area contributed by atoms with Crippen molar-refractivity contribution in [2.45, 2.75) is 18.9 Å². The van der Waals surface area contributed by atoms with E-state index in [0.717, 1.165) is 17.7 Å². The molecule has 1 aliphatic heterocycles. The quantitative estimate of drug-likeness (QED) is 0.768. The first-order valence-electron chi connectivity index (χ1n) is 8.20. The molecule has 1 amide bonds. The monoisotopic (exact) mass is 335 g/mol. The summed E-state index contributed by atoms with van der Waals surface area (Å²) >= 11 is 0. The lowest BCUT2D eigenvalue weighted by atomic mass is 10.00. The zero-order chi connectivity index (χ0) is 17.2. The third kappa shape index (κ3) is 2.98. The number of aromatic nitrogens is 2. The Bertz CT molecular complexity index is 996. The summed E-state index contributed by atoms with van der Waals surface area (Å²) in [5.74, 6) is 0.679. The second-order valence-corrected chi connectivity index (χ2v) is 6.02. The van der Waals surface area contributed by atoms with Crippen LogP contribution < -0.4 is 15.6 Å². The number of hydrogen-bond acceptors (Lipinski definition) is 4. The van der Waals surface area contributed by atoms with Crippen LogP contribution in [0.3, 0.4) is 0 Å². The highest BCUT2D eigenvalue weighted by Gasteiger charge is 2.23. The van der Waals surface area contributed by atoms with Crippen molar-refractivity contribution < 1.29 is 9.53 Å². The van der Waals surface area contributed by atoms with Gasteiger partial charge >= 0.3 is 0 Å². The predicted molar refractivity (Wildman–Crippen MR) is 93.5 cm³/mol. The van der Waals surface area contributed by atoms with E-state index in [9.17, 15) is 9.59 Å². The number of hydrogen-bond donors (Lipinski definition) is 2. The topological polar surface area (TPSA) is 84.1 Å². The highest BCUT2D eigenvalue weighted by molar-refractivity contribution is 5.88. The summed E-state index contributed by atoms with van der Waals surface area (Å²) in [7, 11) is 0. The third-order valence-corrected chi connectivity index (χ3v) is 4.40. The van der Waals surface area contributed by atoms with Gasteiger partial charge in [-0.3, -0.25) is 9.59 Å². The lowest BCUT2D eigenvalue weighted by molar-refractivity contribution is -0.121. The minimum Gasteiger partial charge on any atom is -0.493 e. The molecule has 126 valence electrons. The van der Waals surface area contributed by atoms with Crippen LogP contribution in [0.25, 0.3) is 10.8 Å². The summed E-state index contributed by atoms with van der Waals surface area (Å²) in [5, 5.41) is 10.8. The van der Waals surface area contributed by atoms with Gasteiger partial charge in [-0.1, -0.05) is 36.4 Å². The van der Waals surface area contributed by atoms with Crippen molar-refractivity contribution in [2.75, 3.05) is 6.61 Å². The zero-order valence-corrected chi connectivity index (χ0v) is 13.5. The van der Waals surface area contributed by atoms with Gasteiger partial charge in [0.2, 0.25) is 5.91 Å². The molecule has 1 atom stereocenters. The zero-order valence-electron chi connectivity index (χ0n) is 13.5. The first-order chi connectivity index (χ1) is 12.2. The Morgan fingerprint density at radius 2 is 1.92 bits per heavy atom. The summed E-state index contributed by atoms with van der Waals surface area (Å²) in [4.78, 5) is 24.4. The number of benzene rings is 2. The van der Waals surface area contributed by atoms with Crippen LogP contribution in [0.4, 0.5) is 0 Å². The molecule has 0 radical (unpaired) electrons. The molecule has 0 saturated heterocycles. The molecule has 0 unspecified atom stereocenters. The Morgan fingerprint density at radius 1 is 1.16 bits per heavy atom. The Hall–Kier alpha value is -3.15. The number of rotatable bonds is 3. The SMILES string of the molecule is O=C(Cc1n[nH]c(=O)c2ccccc12)N[C@@H]1CCOc2ccccc21. The van der Waals surface area contributed by atoms with Crippen molar-refractivity contribution in [1.29, 1.82) is 0 Å². The van der Waals surface area contributed by atoms with Gasteiger partial charge in [0, 0.05) is 17.4 Å². The fourth-order valence-electron chi connectivity index (χ4n) is 3.20. The van der Waals surface area contributed by atoms with E-state index in [1.807, 2.05) is 36.4 Å². The summed E-state index contributed by atoms with van der Waals surface area (Å²) in [6.07, 6.45) is 0.833. The van der Waals surface area contributed by atoms with E-state index in [2.05, 4.69) is 15.5 Å². The van der Waals surface area contributed by atoms with Crippen molar-refractivity contribution in [2.24, 2.45) is 0 Å². The van der Waals surface area contributed by atoms with E-state index >= 15 is 0 Å². The maximum atomic E-state index is 12.5. The van der Waals surface area contributed by atoms with Crippen molar-refractivity contribution in [3.63, 3.8) is 0 Å². The van der Waals surface area contributed by atoms with E-state index in [0.29, 0.717) is 23.1 Å². The van der Waals surface area contributed by atoms with Gasteiger partial charge in [0.05, 0.1) is 30.1 Å². The van der Waals surface area contributed by atoms with Crippen molar-refractivity contribution in [3.8, 4) is 5.75 Å². The van der Waals surface area contributed by atoms with Crippen LogP contribution in [0.15, 0.2) is 53.3 Å². The third-order valence-electron chi connectivity index (χ3n) is 4.40. The Kier molecular flexibility index (Phi) is 3.93. The molecule has 2 N–H and O–H groups in total. The van der Waals surface area contributed by atoms with Gasteiger partial charge in [-0.05, 0) is 12.1 Å². The lowest BCUT2D eigenvalue weighted by Crippen LogP contribution is -2.33. The highest BCUT2D eigenvalue weighted by atomic mass is 16.5. The van der Waals surface area contributed by atoms with E-state index in [4.69, 9.17) is 4.74 Å². The molecule has 6 heteroatoms. The van der Waals surface area contributed by atoms with Crippen LogP contribution >= 0.6 is 0 Å². The van der Waals surface area contributed by atoms with E-state index in [1.165, 1.54) is 0 Å². The first kappa shape index (κ1) is 15.4. The number of nitrogens with one attached hydrogen (secondary N) is 2. The molecule has 0 bridgehead atoms. The molecule has 2 aromatic carbocycles. The molecule has 3 aromatic rings. The van der Waals surface area contributed by atoms with Gasteiger partial charge < -0.3 is 10.1 Å². The van der Waals surface area contributed by atoms with E-state index in [-0.39, 0.29) is 23.9 Å². The van der Waals surface area contributed by atoms with Crippen molar-refractivity contribution in [1.82, 2.24) is 15.5 Å². The van der Waals surface area contributed by atoms with Crippen LogP contribution in [-0.4, -0.2) is 22.7 Å².